The number of hydrogen-bond acceptors (Lipinski definition) is 2. The third-order valence-corrected chi connectivity index (χ3v) is 4.85. The molecule has 1 saturated carbocycles. The maximum atomic E-state index is 11.5. The summed E-state index contributed by atoms with van der Waals surface area (Å²) in [5.41, 5.74) is 1.94. The zero-order chi connectivity index (χ0) is 16.2. The van der Waals surface area contributed by atoms with Gasteiger partial charge < -0.3 is 5.32 Å². The molecule has 5 heteroatoms. The van der Waals surface area contributed by atoms with E-state index in [1.807, 2.05) is 35.0 Å². The van der Waals surface area contributed by atoms with Gasteiger partial charge in [-0.3, -0.25) is 4.79 Å². The number of halogens is 1. The van der Waals surface area contributed by atoms with Crippen LogP contribution in [-0.2, 0) is 11.3 Å². The molecule has 1 heterocycles. The monoisotopic (exact) mass is 375 g/mol. The van der Waals surface area contributed by atoms with Crippen LogP contribution >= 0.6 is 15.9 Å². The molecule has 0 bridgehead atoms. The van der Waals surface area contributed by atoms with Gasteiger partial charge in [0.05, 0.1) is 5.69 Å². The highest BCUT2D eigenvalue weighted by atomic mass is 79.9. The van der Waals surface area contributed by atoms with Crippen LogP contribution in [0.15, 0.2) is 34.8 Å². The summed E-state index contributed by atoms with van der Waals surface area (Å²) in [5.74, 6) is 1.39. The van der Waals surface area contributed by atoms with Gasteiger partial charge in [-0.15, -0.1) is 0 Å². The summed E-state index contributed by atoms with van der Waals surface area (Å²) in [6, 6.07) is 10.0. The van der Waals surface area contributed by atoms with Crippen LogP contribution in [-0.4, -0.2) is 15.7 Å². The smallest absolute Gasteiger partial charge is 0.222 e. The van der Waals surface area contributed by atoms with E-state index in [1.165, 1.54) is 39.0 Å². The predicted molar refractivity (Wildman–Crippen MR) is 96.2 cm³/mol. The summed E-state index contributed by atoms with van der Waals surface area (Å²) in [4.78, 5) is 11.5. The molecule has 0 unspecified atom stereocenters. The van der Waals surface area contributed by atoms with Crippen LogP contribution in [0.5, 0.6) is 0 Å². The first kappa shape index (κ1) is 16.2. The Morgan fingerprint density at radius 1 is 1.30 bits per heavy atom. The largest absolute Gasteiger partial charge is 0.311 e. The maximum Gasteiger partial charge on any atom is 0.222 e. The molecule has 0 atom stereocenters. The Labute approximate surface area is 145 Å². The third kappa shape index (κ3) is 4.22. The number of anilines is 1. The Bertz CT molecular complexity index is 689. The normalized spacial score (nSPS) is 15.6. The van der Waals surface area contributed by atoms with Gasteiger partial charge in [0.1, 0.15) is 5.82 Å². The van der Waals surface area contributed by atoms with Crippen molar-refractivity contribution in [2.24, 2.45) is 5.92 Å². The molecule has 4 nitrogen and oxygen atoms in total. The fraction of sp³-hybridized carbons (Fsp3) is 0.444. The molecule has 1 aromatic carbocycles. The highest BCUT2D eigenvalue weighted by Crippen LogP contribution is 2.29. The van der Waals surface area contributed by atoms with Crippen molar-refractivity contribution in [3.8, 4) is 11.3 Å². The number of aromatic nitrogens is 2. The van der Waals surface area contributed by atoms with Gasteiger partial charge in [0, 0.05) is 29.6 Å². The molecule has 0 aliphatic heterocycles. The van der Waals surface area contributed by atoms with Gasteiger partial charge in [-0.2, -0.15) is 5.10 Å². The maximum absolute atomic E-state index is 11.5. The number of nitrogens with one attached hydrogen (secondary N) is 1. The van der Waals surface area contributed by atoms with Crippen molar-refractivity contribution in [2.45, 2.75) is 45.6 Å². The van der Waals surface area contributed by atoms with Gasteiger partial charge in [-0.1, -0.05) is 47.3 Å². The lowest BCUT2D eigenvalue weighted by atomic mass is 9.89. The second kappa shape index (κ2) is 7.30. The van der Waals surface area contributed by atoms with Crippen LogP contribution in [0.25, 0.3) is 11.3 Å². The molecule has 0 spiro atoms. The molecule has 2 aromatic rings. The average molecular weight is 376 g/mol. The highest BCUT2D eigenvalue weighted by Gasteiger charge is 2.18. The minimum atomic E-state index is -0.0596. The van der Waals surface area contributed by atoms with Crippen molar-refractivity contribution in [1.29, 1.82) is 0 Å². The summed E-state index contributed by atoms with van der Waals surface area (Å²) in [6.07, 6.45) is 6.47. The lowest BCUT2D eigenvalue weighted by Crippen LogP contribution is -2.18. The molecule has 0 radical (unpaired) electrons. The van der Waals surface area contributed by atoms with Crippen LogP contribution in [0.1, 0.15) is 39.0 Å². The fourth-order valence-electron chi connectivity index (χ4n) is 3.24. The number of hydrogen-bond donors (Lipinski definition) is 1. The van der Waals surface area contributed by atoms with E-state index in [2.05, 4.69) is 21.2 Å². The standard InChI is InChI=1S/C18H22BrN3O/c1-13(23)20-18-11-17(15-8-5-9-16(19)10-15)21-22(18)12-14-6-3-2-4-7-14/h5,8-11,14H,2-4,6-7,12H2,1H3,(H,20,23). The molecular weight excluding hydrogens is 354 g/mol. The zero-order valence-electron chi connectivity index (χ0n) is 13.4. The molecule has 1 N–H and O–H groups in total. The van der Waals surface area contributed by atoms with E-state index < -0.39 is 0 Å². The van der Waals surface area contributed by atoms with Gasteiger partial charge >= 0.3 is 0 Å². The van der Waals surface area contributed by atoms with Gasteiger partial charge in [-0.25, -0.2) is 4.68 Å². The molecule has 1 amide bonds. The van der Waals surface area contributed by atoms with Crippen molar-refractivity contribution >= 4 is 27.7 Å². The second-order valence-corrected chi connectivity index (χ2v) is 7.21. The van der Waals surface area contributed by atoms with Crippen molar-refractivity contribution in [2.75, 3.05) is 5.32 Å². The molecule has 1 aliphatic rings. The number of carbonyl (C=O) groups excluding carboxylic acids is 1. The van der Waals surface area contributed by atoms with Crippen molar-refractivity contribution < 1.29 is 4.79 Å². The summed E-state index contributed by atoms with van der Waals surface area (Å²) in [6.45, 7) is 2.42. The van der Waals surface area contributed by atoms with Crippen molar-refractivity contribution in [1.82, 2.24) is 9.78 Å². The highest BCUT2D eigenvalue weighted by molar-refractivity contribution is 9.10. The molecule has 0 saturated heterocycles. The fourth-order valence-corrected chi connectivity index (χ4v) is 3.64. The number of rotatable bonds is 4. The van der Waals surface area contributed by atoms with E-state index in [4.69, 9.17) is 5.10 Å². The van der Waals surface area contributed by atoms with Crippen LogP contribution in [0.4, 0.5) is 5.82 Å². The first-order valence-corrected chi connectivity index (χ1v) is 9.02. The number of carbonyl (C=O) groups is 1. The van der Waals surface area contributed by atoms with E-state index in [0.717, 1.165) is 28.1 Å². The summed E-state index contributed by atoms with van der Waals surface area (Å²) in [5, 5.41) is 7.67. The first-order chi connectivity index (χ1) is 11.1. The van der Waals surface area contributed by atoms with E-state index in [0.29, 0.717) is 5.92 Å². The van der Waals surface area contributed by atoms with Crippen LogP contribution in [0.3, 0.4) is 0 Å². The van der Waals surface area contributed by atoms with Crippen molar-refractivity contribution in [3.05, 3.63) is 34.8 Å². The Morgan fingerprint density at radius 3 is 2.78 bits per heavy atom. The van der Waals surface area contributed by atoms with Crippen LogP contribution in [0, 0.1) is 5.92 Å². The quantitative estimate of drug-likeness (QED) is 0.829. The SMILES string of the molecule is CC(=O)Nc1cc(-c2cccc(Br)c2)nn1CC1CCCCC1. The predicted octanol–water partition coefficient (Wildman–Crippen LogP) is 4.85. The molecule has 1 aliphatic carbocycles. The summed E-state index contributed by atoms with van der Waals surface area (Å²) >= 11 is 3.50. The van der Waals surface area contributed by atoms with E-state index >= 15 is 0 Å². The van der Waals surface area contributed by atoms with Crippen molar-refractivity contribution in [3.63, 3.8) is 0 Å². The van der Waals surface area contributed by atoms with E-state index in [1.54, 1.807) is 0 Å². The summed E-state index contributed by atoms with van der Waals surface area (Å²) < 4.78 is 2.99. The molecule has 23 heavy (non-hydrogen) atoms. The van der Waals surface area contributed by atoms with Gasteiger partial charge in [-0.05, 0) is 30.9 Å². The molecule has 1 fully saturated rings. The Balaban J connectivity index is 1.88. The molecular formula is C18H22BrN3O. The van der Waals surface area contributed by atoms with Crippen LogP contribution in [0.2, 0.25) is 0 Å². The average Bonchev–Trinajstić information content (AvgIpc) is 2.90. The van der Waals surface area contributed by atoms with Crippen LogP contribution < -0.4 is 5.32 Å². The van der Waals surface area contributed by atoms with Gasteiger partial charge in [0.25, 0.3) is 0 Å². The van der Waals surface area contributed by atoms with Gasteiger partial charge in [0.15, 0.2) is 0 Å². The minimum absolute atomic E-state index is 0.0596. The lowest BCUT2D eigenvalue weighted by molar-refractivity contribution is -0.114. The zero-order valence-corrected chi connectivity index (χ0v) is 15.0. The lowest BCUT2D eigenvalue weighted by Gasteiger charge is -2.22. The second-order valence-electron chi connectivity index (χ2n) is 6.29. The molecule has 122 valence electrons. The number of nitrogens with zero attached hydrogens (tertiary/aromatic N) is 2. The first-order valence-electron chi connectivity index (χ1n) is 8.23. The Kier molecular flexibility index (Phi) is 5.16. The van der Waals surface area contributed by atoms with E-state index in [-0.39, 0.29) is 5.91 Å². The molecule has 1 aromatic heterocycles. The number of amides is 1. The van der Waals surface area contributed by atoms with Gasteiger partial charge in [0.2, 0.25) is 5.91 Å². The Morgan fingerprint density at radius 2 is 2.09 bits per heavy atom. The number of benzene rings is 1. The third-order valence-electron chi connectivity index (χ3n) is 4.36. The topological polar surface area (TPSA) is 46.9 Å². The molecule has 3 rings (SSSR count). The van der Waals surface area contributed by atoms with E-state index in [9.17, 15) is 4.79 Å². The Hall–Kier alpha value is -1.62. The summed E-state index contributed by atoms with van der Waals surface area (Å²) in [7, 11) is 0. The minimum Gasteiger partial charge on any atom is -0.311 e.